The second kappa shape index (κ2) is 9.89. The zero-order valence-corrected chi connectivity index (χ0v) is 17.3. The van der Waals surface area contributed by atoms with Crippen molar-refractivity contribution in [3.8, 4) is 11.5 Å². The van der Waals surface area contributed by atoms with E-state index in [-0.39, 0.29) is 11.3 Å². The second-order valence-corrected chi connectivity index (χ2v) is 7.05. The van der Waals surface area contributed by atoms with E-state index in [0.717, 1.165) is 10.0 Å². The summed E-state index contributed by atoms with van der Waals surface area (Å²) in [5.74, 6) is -0.412. The van der Waals surface area contributed by atoms with E-state index in [0.29, 0.717) is 24.3 Å². The molecule has 0 aliphatic heterocycles. The van der Waals surface area contributed by atoms with Gasteiger partial charge in [0.15, 0.2) is 0 Å². The fraction of sp³-hybridized carbons (Fsp3) is 0.130. The van der Waals surface area contributed by atoms with Crippen LogP contribution in [-0.2, 0) is 11.2 Å². The first kappa shape index (κ1) is 20.6. The Balaban J connectivity index is 1.73. The molecule has 0 bridgehead atoms. The molecule has 0 radical (unpaired) electrons. The fourth-order valence-electron chi connectivity index (χ4n) is 2.68. The van der Waals surface area contributed by atoms with Gasteiger partial charge >= 0.3 is 11.9 Å². The maximum atomic E-state index is 12.7. The Bertz CT molecular complexity index is 1000. The molecule has 3 rings (SSSR count). The summed E-state index contributed by atoms with van der Waals surface area (Å²) in [4.78, 5) is 24.4. The van der Waals surface area contributed by atoms with Crippen LogP contribution in [0.3, 0.4) is 0 Å². The number of hydrogen-bond acceptors (Lipinski definition) is 5. The monoisotopic (exact) mass is 454 g/mol. The molecular weight excluding hydrogens is 436 g/mol. The maximum absolute atomic E-state index is 12.7. The number of benzene rings is 3. The molecule has 3 aromatic rings. The average Bonchev–Trinajstić information content (AvgIpc) is 2.75. The Labute approximate surface area is 177 Å². The molecule has 0 saturated carbocycles. The molecule has 0 heterocycles. The molecule has 148 valence electrons. The van der Waals surface area contributed by atoms with E-state index in [9.17, 15) is 9.59 Å². The summed E-state index contributed by atoms with van der Waals surface area (Å²) in [5.41, 5.74) is 1.73. The molecule has 0 aliphatic rings. The molecule has 0 atom stereocenters. The predicted octanol–water partition coefficient (Wildman–Crippen LogP) is 5.08. The molecule has 0 unspecified atom stereocenters. The zero-order chi connectivity index (χ0) is 20.6. The van der Waals surface area contributed by atoms with Crippen molar-refractivity contribution < 1.29 is 23.8 Å². The van der Waals surface area contributed by atoms with Crippen LogP contribution in [0.15, 0.2) is 77.3 Å². The molecule has 0 saturated heterocycles. The van der Waals surface area contributed by atoms with Gasteiger partial charge in [0.05, 0.1) is 19.3 Å². The number of hydrogen-bond donors (Lipinski definition) is 0. The SMILES string of the molecule is COC(=O)c1cccc(OC(=O)c2cc(Br)ccc2OCCc2ccccc2)c1. The number of rotatable bonds is 7. The van der Waals surface area contributed by atoms with Crippen molar-refractivity contribution in [3.05, 3.63) is 94.0 Å². The molecule has 0 fully saturated rings. The first-order chi connectivity index (χ1) is 14.1. The molecule has 0 amide bonds. The highest BCUT2D eigenvalue weighted by Gasteiger charge is 2.17. The minimum atomic E-state index is -0.581. The maximum Gasteiger partial charge on any atom is 0.347 e. The Morgan fingerprint density at radius 1 is 0.897 bits per heavy atom. The Kier molecular flexibility index (Phi) is 7.03. The van der Waals surface area contributed by atoms with Crippen molar-refractivity contribution in [2.75, 3.05) is 13.7 Å². The normalized spacial score (nSPS) is 10.3. The van der Waals surface area contributed by atoms with Crippen LogP contribution in [0.5, 0.6) is 11.5 Å². The number of methoxy groups -OCH3 is 1. The standard InChI is InChI=1S/C23H19BrO5/c1-27-22(25)17-8-5-9-19(14-17)29-23(26)20-15-18(24)10-11-21(20)28-13-12-16-6-3-2-4-7-16/h2-11,14-15H,12-13H2,1H3. The number of carbonyl (C=O) groups is 2. The molecule has 0 aliphatic carbocycles. The summed E-state index contributed by atoms with van der Waals surface area (Å²) >= 11 is 3.37. The van der Waals surface area contributed by atoms with Gasteiger partial charge in [-0.1, -0.05) is 52.3 Å². The summed E-state index contributed by atoms with van der Waals surface area (Å²) in [6.07, 6.45) is 0.715. The van der Waals surface area contributed by atoms with Gasteiger partial charge in [0.25, 0.3) is 0 Å². The van der Waals surface area contributed by atoms with E-state index in [1.165, 1.54) is 13.2 Å². The fourth-order valence-corrected chi connectivity index (χ4v) is 3.04. The smallest absolute Gasteiger partial charge is 0.347 e. The van der Waals surface area contributed by atoms with Crippen molar-refractivity contribution in [2.45, 2.75) is 6.42 Å². The topological polar surface area (TPSA) is 61.8 Å². The van der Waals surface area contributed by atoms with Crippen molar-refractivity contribution >= 4 is 27.9 Å². The van der Waals surface area contributed by atoms with E-state index in [4.69, 9.17) is 14.2 Å². The van der Waals surface area contributed by atoms with Gasteiger partial charge in [-0.15, -0.1) is 0 Å². The Morgan fingerprint density at radius 3 is 2.45 bits per heavy atom. The van der Waals surface area contributed by atoms with E-state index in [1.54, 1.807) is 36.4 Å². The third-order valence-electron chi connectivity index (χ3n) is 4.12. The van der Waals surface area contributed by atoms with Crippen molar-refractivity contribution in [1.82, 2.24) is 0 Å². The lowest BCUT2D eigenvalue weighted by molar-refractivity contribution is 0.0597. The van der Waals surface area contributed by atoms with Gasteiger partial charge in [-0.2, -0.15) is 0 Å². The van der Waals surface area contributed by atoms with Crippen molar-refractivity contribution in [3.63, 3.8) is 0 Å². The summed E-state index contributed by atoms with van der Waals surface area (Å²) < 4.78 is 16.7. The quantitative estimate of drug-likeness (QED) is 0.368. The molecule has 3 aromatic carbocycles. The van der Waals surface area contributed by atoms with Gasteiger partial charge in [0.2, 0.25) is 0 Å². The molecule has 6 heteroatoms. The zero-order valence-electron chi connectivity index (χ0n) is 15.8. The largest absolute Gasteiger partial charge is 0.492 e. The van der Waals surface area contributed by atoms with E-state index >= 15 is 0 Å². The lowest BCUT2D eigenvalue weighted by Gasteiger charge is -2.12. The van der Waals surface area contributed by atoms with Gasteiger partial charge in [-0.25, -0.2) is 9.59 Å². The van der Waals surface area contributed by atoms with Crippen LogP contribution in [0.4, 0.5) is 0 Å². The lowest BCUT2D eigenvalue weighted by atomic mass is 10.1. The number of ether oxygens (including phenoxy) is 3. The lowest BCUT2D eigenvalue weighted by Crippen LogP contribution is -2.12. The van der Waals surface area contributed by atoms with Crippen molar-refractivity contribution in [1.29, 1.82) is 0 Å². The molecular formula is C23H19BrO5. The van der Waals surface area contributed by atoms with Gasteiger partial charge in [-0.3, -0.25) is 0 Å². The summed E-state index contributed by atoms with van der Waals surface area (Å²) in [7, 11) is 1.29. The third-order valence-corrected chi connectivity index (χ3v) is 4.61. The summed E-state index contributed by atoms with van der Waals surface area (Å²) in [5, 5.41) is 0. The van der Waals surface area contributed by atoms with Crippen LogP contribution in [0.1, 0.15) is 26.3 Å². The Morgan fingerprint density at radius 2 is 1.69 bits per heavy atom. The van der Waals surface area contributed by atoms with Gasteiger partial charge in [0.1, 0.15) is 17.1 Å². The van der Waals surface area contributed by atoms with Crippen LogP contribution in [0, 0.1) is 0 Å². The highest BCUT2D eigenvalue weighted by Crippen LogP contribution is 2.25. The highest BCUT2D eigenvalue weighted by molar-refractivity contribution is 9.10. The van der Waals surface area contributed by atoms with Crippen LogP contribution in [-0.4, -0.2) is 25.7 Å². The van der Waals surface area contributed by atoms with Gasteiger partial charge in [-0.05, 0) is 42.0 Å². The number of carbonyl (C=O) groups excluding carboxylic acids is 2. The van der Waals surface area contributed by atoms with E-state index in [2.05, 4.69) is 15.9 Å². The van der Waals surface area contributed by atoms with Crippen LogP contribution in [0.25, 0.3) is 0 Å². The van der Waals surface area contributed by atoms with E-state index < -0.39 is 11.9 Å². The van der Waals surface area contributed by atoms with Gasteiger partial charge in [0, 0.05) is 10.9 Å². The first-order valence-electron chi connectivity index (χ1n) is 8.93. The van der Waals surface area contributed by atoms with Crippen LogP contribution in [0.2, 0.25) is 0 Å². The predicted molar refractivity (Wildman–Crippen MR) is 113 cm³/mol. The number of esters is 2. The third kappa shape index (κ3) is 5.68. The highest BCUT2D eigenvalue weighted by atomic mass is 79.9. The van der Waals surface area contributed by atoms with Crippen LogP contribution >= 0.6 is 15.9 Å². The van der Waals surface area contributed by atoms with Crippen molar-refractivity contribution in [2.24, 2.45) is 0 Å². The number of halogens is 1. The average molecular weight is 455 g/mol. The molecule has 0 N–H and O–H groups in total. The summed E-state index contributed by atoms with van der Waals surface area (Å²) in [6, 6.07) is 21.4. The minimum Gasteiger partial charge on any atom is -0.492 e. The molecule has 29 heavy (non-hydrogen) atoms. The molecule has 0 aromatic heterocycles. The summed E-state index contributed by atoms with van der Waals surface area (Å²) in [6.45, 7) is 0.420. The van der Waals surface area contributed by atoms with Gasteiger partial charge < -0.3 is 14.2 Å². The molecule has 0 spiro atoms. The Hall–Kier alpha value is -3.12. The van der Waals surface area contributed by atoms with E-state index in [1.807, 2.05) is 30.3 Å². The first-order valence-corrected chi connectivity index (χ1v) is 9.73. The minimum absolute atomic E-state index is 0.244. The second-order valence-electron chi connectivity index (χ2n) is 6.13. The molecule has 5 nitrogen and oxygen atoms in total. The van der Waals surface area contributed by atoms with Crippen LogP contribution < -0.4 is 9.47 Å².